The molecular weight excluding hydrogens is 468 g/mol. The Morgan fingerprint density at radius 2 is 1.65 bits per heavy atom. The zero-order valence-electron chi connectivity index (χ0n) is 22.3. The highest BCUT2D eigenvalue weighted by Crippen LogP contribution is 2.35. The third kappa shape index (κ3) is 6.32. The molecule has 7 heteroatoms. The molecule has 0 spiro atoms. The summed E-state index contributed by atoms with van der Waals surface area (Å²) in [5.74, 6) is -1.66. The molecule has 2 aromatic rings. The number of carbonyl (C=O) groups is 3. The van der Waals surface area contributed by atoms with Crippen LogP contribution in [-0.2, 0) is 23.9 Å². The topological polar surface area (TPSA) is 76.2 Å². The molecule has 198 valence electrons. The Morgan fingerprint density at radius 3 is 2.30 bits per heavy atom. The molecule has 0 N–H and O–H groups in total. The number of benzene rings is 2. The van der Waals surface area contributed by atoms with Gasteiger partial charge < -0.3 is 19.3 Å². The molecule has 2 atom stereocenters. The van der Waals surface area contributed by atoms with Crippen molar-refractivity contribution in [3.8, 4) is 11.1 Å². The van der Waals surface area contributed by atoms with Crippen LogP contribution in [0.25, 0.3) is 11.1 Å². The number of hydrogen-bond acceptors (Lipinski definition) is 6. The second kappa shape index (κ2) is 11.4. The lowest BCUT2D eigenvalue weighted by atomic mass is 9.77. The third-order valence-corrected chi connectivity index (χ3v) is 7.48. The minimum atomic E-state index is -0.756. The Kier molecular flexibility index (Phi) is 8.20. The molecule has 1 saturated heterocycles. The van der Waals surface area contributed by atoms with Gasteiger partial charge in [0.2, 0.25) is 5.91 Å². The molecular formula is C30H38N2O5. The van der Waals surface area contributed by atoms with Crippen LogP contribution >= 0.6 is 0 Å². The number of carbonyl (C=O) groups excluding carboxylic acids is 3. The van der Waals surface area contributed by atoms with E-state index in [9.17, 15) is 14.4 Å². The minimum absolute atomic E-state index is 0.00722. The third-order valence-electron chi connectivity index (χ3n) is 7.48. The van der Waals surface area contributed by atoms with Gasteiger partial charge in [0.15, 0.2) is 0 Å². The second-order valence-electron chi connectivity index (χ2n) is 11.1. The molecule has 4 rings (SSSR count). The average Bonchev–Trinajstić information content (AvgIpc) is 3.57. The first-order valence-electron chi connectivity index (χ1n) is 13.2. The van der Waals surface area contributed by atoms with Crippen LogP contribution in [-0.4, -0.2) is 55.2 Å². The van der Waals surface area contributed by atoms with E-state index in [1.165, 1.54) is 7.11 Å². The summed E-state index contributed by atoms with van der Waals surface area (Å²) in [4.78, 5) is 43.1. The van der Waals surface area contributed by atoms with Gasteiger partial charge in [-0.2, -0.15) is 0 Å². The summed E-state index contributed by atoms with van der Waals surface area (Å²) >= 11 is 0. The summed E-state index contributed by atoms with van der Waals surface area (Å²) in [7, 11) is 1.34. The molecule has 2 aromatic carbocycles. The van der Waals surface area contributed by atoms with Crippen LogP contribution in [0.3, 0.4) is 0 Å². The first-order chi connectivity index (χ1) is 17.7. The number of esters is 2. The normalized spacial score (nSPS) is 19.1. The van der Waals surface area contributed by atoms with Crippen LogP contribution in [0.2, 0.25) is 0 Å². The fraction of sp³-hybridized carbons (Fsp3) is 0.500. The minimum Gasteiger partial charge on any atom is -0.467 e. The standard InChI is InChI=1S/C30H38N2O5/c1-30(2,3)25(18-27(33)37-24-15-8-9-16-24)28(34)32-20-31(19-26(32)29(35)36-4)23-14-10-13-22(17-23)21-11-6-5-7-12-21/h5-7,10-14,17,24-26H,8-9,15-16,18-20H2,1-4H3/t25-,26+/m1/s1. The molecule has 37 heavy (non-hydrogen) atoms. The maximum Gasteiger partial charge on any atom is 0.330 e. The fourth-order valence-corrected chi connectivity index (χ4v) is 5.28. The smallest absolute Gasteiger partial charge is 0.330 e. The van der Waals surface area contributed by atoms with Crippen molar-refractivity contribution in [2.24, 2.45) is 11.3 Å². The molecule has 0 unspecified atom stereocenters. The highest BCUT2D eigenvalue weighted by molar-refractivity contribution is 5.90. The van der Waals surface area contributed by atoms with E-state index < -0.39 is 23.3 Å². The van der Waals surface area contributed by atoms with Crippen molar-refractivity contribution in [3.05, 3.63) is 54.6 Å². The molecule has 7 nitrogen and oxygen atoms in total. The Bertz CT molecular complexity index is 1100. The highest BCUT2D eigenvalue weighted by atomic mass is 16.5. The van der Waals surface area contributed by atoms with Gasteiger partial charge in [-0.3, -0.25) is 9.59 Å². The zero-order chi connectivity index (χ0) is 26.6. The molecule has 2 fully saturated rings. The van der Waals surface area contributed by atoms with Crippen molar-refractivity contribution < 1.29 is 23.9 Å². The summed E-state index contributed by atoms with van der Waals surface area (Å²) in [6, 6.07) is 17.4. The van der Waals surface area contributed by atoms with E-state index in [0.717, 1.165) is 42.5 Å². The lowest BCUT2D eigenvalue weighted by molar-refractivity contribution is -0.158. The summed E-state index contributed by atoms with van der Waals surface area (Å²) in [5.41, 5.74) is 2.57. The van der Waals surface area contributed by atoms with Crippen LogP contribution in [0, 0.1) is 11.3 Å². The second-order valence-corrected chi connectivity index (χ2v) is 11.1. The van der Waals surface area contributed by atoms with Crippen molar-refractivity contribution in [2.45, 2.75) is 65.0 Å². The Hall–Kier alpha value is -3.35. The van der Waals surface area contributed by atoms with Crippen LogP contribution < -0.4 is 4.90 Å². The van der Waals surface area contributed by atoms with Crippen LogP contribution in [0.4, 0.5) is 5.69 Å². The predicted molar refractivity (Wildman–Crippen MR) is 143 cm³/mol. The van der Waals surface area contributed by atoms with E-state index in [-0.39, 0.29) is 31.1 Å². The number of rotatable bonds is 7. The van der Waals surface area contributed by atoms with E-state index >= 15 is 0 Å². The number of ether oxygens (including phenoxy) is 2. The zero-order valence-corrected chi connectivity index (χ0v) is 22.3. The summed E-state index contributed by atoms with van der Waals surface area (Å²) in [6.45, 7) is 6.40. The predicted octanol–water partition coefficient (Wildman–Crippen LogP) is 5.04. The lowest BCUT2D eigenvalue weighted by Gasteiger charge is -2.34. The average molecular weight is 507 g/mol. The Balaban J connectivity index is 1.56. The molecule has 1 amide bonds. The molecule has 2 aliphatic rings. The summed E-state index contributed by atoms with van der Waals surface area (Å²) < 4.78 is 10.8. The first kappa shape index (κ1) is 26.7. The van der Waals surface area contributed by atoms with Crippen molar-refractivity contribution in [3.63, 3.8) is 0 Å². The van der Waals surface area contributed by atoms with Gasteiger partial charge in [-0.25, -0.2) is 4.79 Å². The monoisotopic (exact) mass is 506 g/mol. The van der Waals surface area contributed by atoms with Gasteiger partial charge in [0.25, 0.3) is 0 Å². The van der Waals surface area contributed by atoms with E-state index in [0.29, 0.717) is 6.54 Å². The maximum absolute atomic E-state index is 13.9. The molecule has 0 bridgehead atoms. The number of hydrogen-bond donors (Lipinski definition) is 0. The molecule has 0 aromatic heterocycles. The Labute approximate surface area is 219 Å². The van der Waals surface area contributed by atoms with Crippen molar-refractivity contribution in [2.75, 3.05) is 25.2 Å². The molecule has 1 aliphatic carbocycles. The van der Waals surface area contributed by atoms with Gasteiger partial charge >= 0.3 is 11.9 Å². The van der Waals surface area contributed by atoms with Gasteiger partial charge in [-0.15, -0.1) is 0 Å². The first-order valence-corrected chi connectivity index (χ1v) is 13.2. The van der Waals surface area contributed by atoms with Crippen molar-refractivity contribution >= 4 is 23.5 Å². The molecule has 1 saturated carbocycles. The van der Waals surface area contributed by atoms with E-state index in [1.54, 1.807) is 4.90 Å². The quantitative estimate of drug-likeness (QED) is 0.490. The Morgan fingerprint density at radius 1 is 0.973 bits per heavy atom. The summed E-state index contributed by atoms with van der Waals surface area (Å²) in [5, 5.41) is 0. The van der Waals surface area contributed by atoms with E-state index in [2.05, 4.69) is 18.2 Å². The molecule has 1 heterocycles. The number of anilines is 1. The van der Waals surface area contributed by atoms with Crippen LogP contribution in [0.15, 0.2) is 54.6 Å². The lowest BCUT2D eigenvalue weighted by Crippen LogP contribution is -2.48. The fourth-order valence-electron chi connectivity index (χ4n) is 5.28. The summed E-state index contributed by atoms with van der Waals surface area (Å²) in [6.07, 6.45) is 3.84. The van der Waals surface area contributed by atoms with Crippen LogP contribution in [0.5, 0.6) is 0 Å². The largest absolute Gasteiger partial charge is 0.467 e. The van der Waals surface area contributed by atoms with Gasteiger partial charge in [0.05, 0.1) is 32.7 Å². The number of amides is 1. The maximum atomic E-state index is 13.9. The van der Waals surface area contributed by atoms with Gasteiger partial charge in [-0.1, -0.05) is 63.2 Å². The number of nitrogens with zero attached hydrogens (tertiary/aromatic N) is 2. The van der Waals surface area contributed by atoms with Crippen LogP contribution in [0.1, 0.15) is 52.9 Å². The molecule has 0 radical (unpaired) electrons. The highest BCUT2D eigenvalue weighted by Gasteiger charge is 2.45. The van der Waals surface area contributed by atoms with Crippen molar-refractivity contribution in [1.29, 1.82) is 0 Å². The number of methoxy groups -OCH3 is 1. The van der Waals surface area contributed by atoms with Gasteiger partial charge in [-0.05, 0) is 54.4 Å². The molecule has 1 aliphatic heterocycles. The van der Waals surface area contributed by atoms with Gasteiger partial charge in [0, 0.05) is 5.69 Å². The van der Waals surface area contributed by atoms with Gasteiger partial charge in [0.1, 0.15) is 12.1 Å². The van der Waals surface area contributed by atoms with E-state index in [1.807, 2.05) is 62.1 Å². The van der Waals surface area contributed by atoms with E-state index in [4.69, 9.17) is 9.47 Å². The van der Waals surface area contributed by atoms with Crippen molar-refractivity contribution in [1.82, 2.24) is 4.90 Å². The SMILES string of the molecule is COC(=O)[C@@H]1CN(c2cccc(-c3ccccc3)c2)CN1C(=O)[C@@H](CC(=O)OC1CCCC1)C(C)(C)C.